The van der Waals surface area contributed by atoms with E-state index in [1.165, 1.54) is 11.0 Å². The lowest BCUT2D eigenvalue weighted by atomic mass is 9.86. The van der Waals surface area contributed by atoms with Crippen LogP contribution in [0.1, 0.15) is 18.4 Å². The smallest absolute Gasteiger partial charge is 0.416 e. The van der Waals surface area contributed by atoms with Gasteiger partial charge in [-0.3, -0.25) is 4.90 Å². The second-order valence-corrected chi connectivity index (χ2v) is 7.11. The third-order valence-electron chi connectivity index (χ3n) is 5.28. The SMILES string of the molecule is O=C1O[C@@](CCO)(c2ccccc2)CCN1c1cccc(-c2ccc(F)cc2F)n1. The number of nitrogens with zero attached hydrogens (tertiary/aromatic N) is 2. The summed E-state index contributed by atoms with van der Waals surface area (Å²) in [4.78, 5) is 18.6. The molecule has 1 aliphatic heterocycles. The minimum absolute atomic E-state index is 0.125. The van der Waals surface area contributed by atoms with Gasteiger partial charge in [0.2, 0.25) is 0 Å². The van der Waals surface area contributed by atoms with E-state index in [2.05, 4.69) is 4.98 Å². The van der Waals surface area contributed by atoms with Crippen LogP contribution in [0, 0.1) is 11.6 Å². The molecule has 2 aromatic carbocycles. The van der Waals surface area contributed by atoms with E-state index in [0.717, 1.165) is 17.7 Å². The van der Waals surface area contributed by atoms with E-state index in [1.54, 1.807) is 18.2 Å². The first-order valence-corrected chi connectivity index (χ1v) is 9.62. The predicted octanol–water partition coefficient (Wildman–Crippen LogP) is 4.65. The molecular weight excluding hydrogens is 390 g/mol. The minimum Gasteiger partial charge on any atom is -0.437 e. The van der Waals surface area contributed by atoms with Gasteiger partial charge in [-0.05, 0) is 29.8 Å². The van der Waals surface area contributed by atoms with E-state index in [0.29, 0.717) is 18.8 Å². The van der Waals surface area contributed by atoms with Gasteiger partial charge in [0.15, 0.2) is 0 Å². The van der Waals surface area contributed by atoms with E-state index in [1.807, 2.05) is 30.3 Å². The van der Waals surface area contributed by atoms with Crippen LogP contribution in [-0.2, 0) is 10.3 Å². The van der Waals surface area contributed by atoms with Crippen molar-refractivity contribution in [3.8, 4) is 11.3 Å². The number of aliphatic hydroxyl groups is 1. The highest BCUT2D eigenvalue weighted by Crippen LogP contribution is 2.38. The van der Waals surface area contributed by atoms with Crippen molar-refractivity contribution in [2.45, 2.75) is 18.4 Å². The lowest BCUT2D eigenvalue weighted by Gasteiger charge is -2.41. The van der Waals surface area contributed by atoms with Gasteiger partial charge in [0.25, 0.3) is 0 Å². The summed E-state index contributed by atoms with van der Waals surface area (Å²) in [5.74, 6) is -1.09. The first kappa shape index (κ1) is 20.0. The highest BCUT2D eigenvalue weighted by Gasteiger charge is 2.42. The Balaban J connectivity index is 1.62. The van der Waals surface area contributed by atoms with Crippen molar-refractivity contribution >= 4 is 11.9 Å². The number of aliphatic hydroxyl groups excluding tert-OH is 1. The van der Waals surface area contributed by atoms with Crippen LogP contribution in [-0.4, -0.2) is 29.3 Å². The fraction of sp³-hybridized carbons (Fsp3) is 0.217. The molecule has 0 spiro atoms. The molecule has 3 aromatic rings. The summed E-state index contributed by atoms with van der Waals surface area (Å²) in [6.45, 7) is 0.190. The fourth-order valence-corrected chi connectivity index (χ4v) is 3.73. The molecule has 7 heteroatoms. The standard InChI is InChI=1S/C23H20F2N2O3/c24-17-9-10-18(19(25)15-17)20-7-4-8-21(26-20)27-13-11-23(12-14-28,30-22(27)29)16-5-2-1-3-6-16/h1-10,15,28H,11-14H2/t23-/m0/s1. The number of hydrogen-bond donors (Lipinski definition) is 1. The van der Waals surface area contributed by atoms with Crippen LogP contribution >= 0.6 is 0 Å². The summed E-state index contributed by atoms with van der Waals surface area (Å²) in [6, 6.07) is 17.5. The van der Waals surface area contributed by atoms with Gasteiger partial charge in [-0.2, -0.15) is 0 Å². The number of hydrogen-bond acceptors (Lipinski definition) is 4. The molecule has 0 radical (unpaired) electrons. The highest BCUT2D eigenvalue weighted by atomic mass is 19.1. The number of benzene rings is 2. The van der Waals surface area contributed by atoms with Gasteiger partial charge in [-0.15, -0.1) is 0 Å². The van der Waals surface area contributed by atoms with Crippen LogP contribution < -0.4 is 4.90 Å². The van der Waals surface area contributed by atoms with Crippen LogP contribution in [0.4, 0.5) is 19.4 Å². The molecule has 2 heterocycles. The van der Waals surface area contributed by atoms with Crippen molar-refractivity contribution in [3.05, 3.63) is 83.9 Å². The number of carbonyl (C=O) groups is 1. The molecule has 1 saturated heterocycles. The van der Waals surface area contributed by atoms with Crippen LogP contribution in [0.25, 0.3) is 11.3 Å². The normalized spacial score (nSPS) is 18.9. The quantitative estimate of drug-likeness (QED) is 0.665. The molecule has 1 amide bonds. The van der Waals surface area contributed by atoms with E-state index >= 15 is 0 Å². The Morgan fingerprint density at radius 2 is 1.87 bits per heavy atom. The van der Waals surface area contributed by atoms with Crippen LogP contribution in [0.3, 0.4) is 0 Å². The van der Waals surface area contributed by atoms with Gasteiger partial charge < -0.3 is 9.84 Å². The predicted molar refractivity (Wildman–Crippen MR) is 108 cm³/mol. The summed E-state index contributed by atoms with van der Waals surface area (Å²) < 4.78 is 33.2. The van der Waals surface area contributed by atoms with Gasteiger partial charge in [0.1, 0.15) is 23.1 Å². The molecule has 1 N–H and O–H groups in total. The van der Waals surface area contributed by atoms with Gasteiger partial charge in [-0.25, -0.2) is 18.6 Å². The van der Waals surface area contributed by atoms with Crippen molar-refractivity contribution in [2.75, 3.05) is 18.1 Å². The van der Waals surface area contributed by atoms with Crippen molar-refractivity contribution in [1.29, 1.82) is 0 Å². The number of ether oxygens (including phenoxy) is 1. The molecule has 1 atom stereocenters. The lowest BCUT2D eigenvalue weighted by Crippen LogP contribution is -2.48. The summed E-state index contributed by atoms with van der Waals surface area (Å²) in [5.41, 5.74) is 0.335. The number of pyridine rings is 1. The van der Waals surface area contributed by atoms with Crippen LogP contribution in [0.5, 0.6) is 0 Å². The van der Waals surface area contributed by atoms with E-state index in [-0.39, 0.29) is 24.3 Å². The molecule has 0 unspecified atom stereocenters. The maximum absolute atomic E-state index is 14.2. The third kappa shape index (κ3) is 3.76. The summed E-state index contributed by atoms with van der Waals surface area (Å²) in [7, 11) is 0. The Hall–Kier alpha value is -3.32. The maximum atomic E-state index is 14.2. The number of amides is 1. The van der Waals surface area contributed by atoms with Gasteiger partial charge in [0, 0.05) is 37.6 Å². The number of halogens is 2. The Labute approximate surface area is 172 Å². The Bertz CT molecular complexity index is 1060. The monoisotopic (exact) mass is 410 g/mol. The number of aromatic nitrogens is 1. The highest BCUT2D eigenvalue weighted by molar-refractivity contribution is 5.88. The first-order chi connectivity index (χ1) is 14.5. The molecule has 0 aliphatic carbocycles. The molecule has 0 bridgehead atoms. The zero-order valence-corrected chi connectivity index (χ0v) is 16.1. The number of carbonyl (C=O) groups excluding carboxylic acids is 1. The van der Waals surface area contributed by atoms with Gasteiger partial charge in [0.05, 0.1) is 5.69 Å². The molecule has 154 valence electrons. The van der Waals surface area contributed by atoms with Crippen molar-refractivity contribution < 1.29 is 23.4 Å². The fourth-order valence-electron chi connectivity index (χ4n) is 3.73. The zero-order chi connectivity index (χ0) is 21.1. The van der Waals surface area contributed by atoms with Gasteiger partial charge in [-0.1, -0.05) is 36.4 Å². The second-order valence-electron chi connectivity index (χ2n) is 7.11. The van der Waals surface area contributed by atoms with Gasteiger partial charge >= 0.3 is 6.09 Å². The molecular formula is C23H20F2N2O3. The van der Waals surface area contributed by atoms with E-state index in [9.17, 15) is 18.7 Å². The minimum atomic E-state index is -0.912. The lowest BCUT2D eigenvalue weighted by molar-refractivity contribution is -0.0259. The molecule has 1 aliphatic rings. The topological polar surface area (TPSA) is 62.7 Å². The average molecular weight is 410 g/mol. The van der Waals surface area contributed by atoms with Crippen molar-refractivity contribution in [3.63, 3.8) is 0 Å². The maximum Gasteiger partial charge on any atom is 0.416 e. The number of rotatable bonds is 5. The molecule has 0 saturated carbocycles. The number of anilines is 1. The summed E-state index contributed by atoms with van der Waals surface area (Å²) in [6.07, 6.45) is 0.146. The van der Waals surface area contributed by atoms with Crippen LogP contribution in [0.2, 0.25) is 0 Å². The molecule has 1 fully saturated rings. The summed E-state index contributed by atoms with van der Waals surface area (Å²) >= 11 is 0. The van der Waals surface area contributed by atoms with Crippen molar-refractivity contribution in [2.24, 2.45) is 0 Å². The first-order valence-electron chi connectivity index (χ1n) is 9.62. The third-order valence-corrected chi connectivity index (χ3v) is 5.28. The van der Waals surface area contributed by atoms with Crippen molar-refractivity contribution in [1.82, 2.24) is 4.98 Å². The second kappa shape index (κ2) is 8.20. The molecule has 4 rings (SSSR count). The average Bonchev–Trinajstić information content (AvgIpc) is 2.75. The van der Waals surface area contributed by atoms with E-state index < -0.39 is 23.3 Å². The Kier molecular flexibility index (Phi) is 5.46. The Morgan fingerprint density at radius 1 is 1.07 bits per heavy atom. The number of cyclic esters (lactones) is 1. The molecule has 5 nitrogen and oxygen atoms in total. The molecule has 30 heavy (non-hydrogen) atoms. The Morgan fingerprint density at radius 3 is 2.57 bits per heavy atom. The summed E-state index contributed by atoms with van der Waals surface area (Å²) in [5, 5.41) is 9.54. The molecule has 1 aromatic heterocycles. The largest absolute Gasteiger partial charge is 0.437 e. The van der Waals surface area contributed by atoms with E-state index in [4.69, 9.17) is 4.74 Å². The van der Waals surface area contributed by atoms with Crippen LogP contribution in [0.15, 0.2) is 66.7 Å². The zero-order valence-electron chi connectivity index (χ0n) is 16.1.